The van der Waals surface area contributed by atoms with E-state index >= 15 is 0 Å². The van der Waals surface area contributed by atoms with Gasteiger partial charge in [-0.2, -0.15) is 0 Å². The Morgan fingerprint density at radius 1 is 1.32 bits per heavy atom. The Morgan fingerprint density at radius 2 is 2.08 bits per heavy atom. The summed E-state index contributed by atoms with van der Waals surface area (Å²) in [5.41, 5.74) is 6.67. The molecular weight excluding hydrogens is 356 g/mol. The average Bonchev–Trinajstić information content (AvgIpc) is 3.13. The van der Waals surface area contributed by atoms with Gasteiger partial charge in [0.2, 0.25) is 0 Å². The molecule has 1 unspecified atom stereocenters. The van der Waals surface area contributed by atoms with E-state index in [4.69, 9.17) is 10.5 Å². The molecule has 1 aromatic heterocycles. The van der Waals surface area contributed by atoms with Gasteiger partial charge in [-0.15, -0.1) is 23.7 Å². The molecule has 2 heterocycles. The van der Waals surface area contributed by atoms with Crippen molar-refractivity contribution in [2.24, 2.45) is 11.7 Å². The highest BCUT2D eigenvalue weighted by Crippen LogP contribution is 2.23. The highest BCUT2D eigenvalue weighted by atomic mass is 35.5. The van der Waals surface area contributed by atoms with Crippen molar-refractivity contribution in [2.45, 2.75) is 32.4 Å². The number of hydrogen-bond donors (Lipinski definition) is 1. The van der Waals surface area contributed by atoms with E-state index in [0.29, 0.717) is 18.1 Å². The predicted molar refractivity (Wildman–Crippen MR) is 105 cm³/mol. The molecule has 3 rings (SSSR count). The van der Waals surface area contributed by atoms with Gasteiger partial charge in [-0.25, -0.2) is 0 Å². The molecular formula is C19H25ClN2O2S. The molecule has 1 fully saturated rings. The number of piperidine rings is 1. The maximum Gasteiger partial charge on any atom is 0.253 e. The molecule has 1 atom stereocenters. The van der Waals surface area contributed by atoms with Crippen LogP contribution in [0, 0.1) is 5.92 Å². The number of amides is 1. The van der Waals surface area contributed by atoms with Gasteiger partial charge in [-0.05, 0) is 55.3 Å². The highest BCUT2D eigenvalue weighted by molar-refractivity contribution is 7.09. The van der Waals surface area contributed by atoms with E-state index in [9.17, 15) is 4.79 Å². The van der Waals surface area contributed by atoms with Crippen LogP contribution >= 0.6 is 23.7 Å². The fourth-order valence-corrected chi connectivity index (χ4v) is 3.70. The van der Waals surface area contributed by atoms with Crippen molar-refractivity contribution in [1.82, 2.24) is 4.90 Å². The fourth-order valence-electron chi connectivity index (χ4n) is 3.08. The van der Waals surface area contributed by atoms with Gasteiger partial charge >= 0.3 is 0 Å². The summed E-state index contributed by atoms with van der Waals surface area (Å²) in [5, 5.41) is 2.03. The number of rotatable bonds is 5. The number of halogens is 1. The predicted octanol–water partition coefficient (Wildman–Crippen LogP) is 3.95. The number of benzene rings is 1. The molecule has 25 heavy (non-hydrogen) atoms. The molecule has 4 nitrogen and oxygen atoms in total. The summed E-state index contributed by atoms with van der Waals surface area (Å²) in [5.74, 6) is 1.34. The first-order chi connectivity index (χ1) is 11.6. The van der Waals surface area contributed by atoms with Crippen molar-refractivity contribution >= 4 is 29.7 Å². The van der Waals surface area contributed by atoms with E-state index in [1.54, 1.807) is 11.3 Å². The van der Waals surface area contributed by atoms with Crippen LogP contribution in [0.3, 0.4) is 0 Å². The SMILES string of the molecule is CC(N)C1CCN(C(=O)c2cccc(OCc3cccs3)c2)CC1.Cl. The first-order valence-electron chi connectivity index (χ1n) is 8.43. The number of ether oxygens (including phenoxy) is 1. The third-order valence-electron chi connectivity index (χ3n) is 4.61. The van der Waals surface area contributed by atoms with Gasteiger partial charge in [0, 0.05) is 29.6 Å². The van der Waals surface area contributed by atoms with E-state index in [1.807, 2.05) is 46.7 Å². The van der Waals surface area contributed by atoms with Crippen LogP contribution in [0.2, 0.25) is 0 Å². The average molecular weight is 381 g/mol. The highest BCUT2D eigenvalue weighted by Gasteiger charge is 2.25. The largest absolute Gasteiger partial charge is 0.488 e. The van der Waals surface area contributed by atoms with Crippen LogP contribution < -0.4 is 10.5 Å². The molecule has 0 saturated carbocycles. The zero-order valence-electron chi connectivity index (χ0n) is 14.4. The minimum atomic E-state index is 0. The quantitative estimate of drug-likeness (QED) is 0.854. The van der Waals surface area contributed by atoms with Crippen LogP contribution in [0.5, 0.6) is 5.75 Å². The molecule has 0 bridgehead atoms. The number of hydrogen-bond acceptors (Lipinski definition) is 4. The lowest BCUT2D eigenvalue weighted by Crippen LogP contribution is -2.42. The lowest BCUT2D eigenvalue weighted by Gasteiger charge is -2.33. The Hall–Kier alpha value is -1.56. The Morgan fingerprint density at radius 3 is 2.72 bits per heavy atom. The summed E-state index contributed by atoms with van der Waals surface area (Å²) in [6.07, 6.45) is 1.97. The molecule has 0 radical (unpaired) electrons. The minimum Gasteiger partial charge on any atom is -0.488 e. The van der Waals surface area contributed by atoms with Crippen LogP contribution in [-0.2, 0) is 6.61 Å². The molecule has 1 saturated heterocycles. The second-order valence-corrected chi connectivity index (χ2v) is 7.42. The van der Waals surface area contributed by atoms with Gasteiger partial charge in [0.1, 0.15) is 12.4 Å². The maximum atomic E-state index is 12.7. The molecule has 0 spiro atoms. The van der Waals surface area contributed by atoms with E-state index in [2.05, 4.69) is 6.92 Å². The topological polar surface area (TPSA) is 55.6 Å². The summed E-state index contributed by atoms with van der Waals surface area (Å²) < 4.78 is 5.80. The number of nitrogens with two attached hydrogens (primary N) is 1. The summed E-state index contributed by atoms with van der Waals surface area (Å²) in [6.45, 7) is 4.16. The standard InChI is InChI=1S/C19H24N2O2S.ClH/c1-14(20)15-7-9-21(10-8-15)19(22)16-4-2-5-17(12-16)23-13-18-6-3-11-24-18;/h2-6,11-12,14-15H,7-10,13,20H2,1H3;1H. The zero-order chi connectivity index (χ0) is 16.9. The molecule has 2 N–H and O–H groups in total. The first-order valence-corrected chi connectivity index (χ1v) is 9.31. The van der Waals surface area contributed by atoms with Crippen molar-refractivity contribution in [1.29, 1.82) is 0 Å². The third-order valence-corrected chi connectivity index (χ3v) is 5.46. The smallest absolute Gasteiger partial charge is 0.253 e. The number of carbonyl (C=O) groups excluding carboxylic acids is 1. The van der Waals surface area contributed by atoms with Gasteiger partial charge in [-0.1, -0.05) is 12.1 Å². The van der Waals surface area contributed by atoms with Crippen molar-refractivity contribution in [3.05, 3.63) is 52.2 Å². The van der Waals surface area contributed by atoms with Crippen molar-refractivity contribution < 1.29 is 9.53 Å². The fraction of sp³-hybridized carbons (Fsp3) is 0.421. The Kier molecular flexibility index (Phi) is 7.29. The Balaban J connectivity index is 0.00000225. The van der Waals surface area contributed by atoms with Crippen molar-refractivity contribution in [3.8, 4) is 5.75 Å². The lowest BCUT2D eigenvalue weighted by atomic mass is 9.90. The summed E-state index contributed by atoms with van der Waals surface area (Å²) in [4.78, 5) is 15.8. The summed E-state index contributed by atoms with van der Waals surface area (Å²) in [6, 6.07) is 11.7. The maximum absolute atomic E-state index is 12.7. The minimum absolute atomic E-state index is 0. The number of carbonyl (C=O) groups is 1. The summed E-state index contributed by atoms with van der Waals surface area (Å²) in [7, 11) is 0. The van der Waals surface area contributed by atoms with Crippen LogP contribution in [0.4, 0.5) is 0 Å². The zero-order valence-corrected chi connectivity index (χ0v) is 16.0. The third kappa shape index (κ3) is 5.21. The van der Waals surface area contributed by atoms with Crippen LogP contribution in [-0.4, -0.2) is 29.9 Å². The first kappa shape index (κ1) is 19.8. The van der Waals surface area contributed by atoms with Gasteiger partial charge in [0.15, 0.2) is 0 Å². The number of likely N-dealkylation sites (tertiary alicyclic amines) is 1. The van der Waals surface area contributed by atoms with Gasteiger partial charge in [0.25, 0.3) is 5.91 Å². The molecule has 6 heteroatoms. The Labute approximate surface area is 159 Å². The second kappa shape index (κ2) is 9.22. The summed E-state index contributed by atoms with van der Waals surface area (Å²) >= 11 is 1.67. The second-order valence-electron chi connectivity index (χ2n) is 6.38. The molecule has 1 aromatic carbocycles. The number of thiophene rings is 1. The molecule has 2 aromatic rings. The van der Waals surface area contributed by atoms with Crippen LogP contribution in [0.25, 0.3) is 0 Å². The van der Waals surface area contributed by atoms with Crippen molar-refractivity contribution in [3.63, 3.8) is 0 Å². The Bertz CT molecular complexity index is 668. The van der Waals surface area contributed by atoms with Crippen LogP contribution in [0.1, 0.15) is 35.0 Å². The molecule has 0 aliphatic carbocycles. The van der Waals surface area contributed by atoms with E-state index in [1.165, 1.54) is 4.88 Å². The van der Waals surface area contributed by atoms with E-state index < -0.39 is 0 Å². The van der Waals surface area contributed by atoms with Gasteiger partial charge < -0.3 is 15.4 Å². The van der Waals surface area contributed by atoms with Gasteiger partial charge in [-0.3, -0.25) is 4.79 Å². The molecule has 1 aliphatic heterocycles. The van der Waals surface area contributed by atoms with E-state index in [0.717, 1.165) is 31.7 Å². The normalized spacial score (nSPS) is 16.2. The number of nitrogens with zero attached hydrogens (tertiary/aromatic N) is 1. The van der Waals surface area contributed by atoms with Crippen LogP contribution in [0.15, 0.2) is 41.8 Å². The molecule has 136 valence electrons. The van der Waals surface area contributed by atoms with E-state index in [-0.39, 0.29) is 24.4 Å². The monoisotopic (exact) mass is 380 g/mol. The molecule has 1 aliphatic rings. The lowest BCUT2D eigenvalue weighted by molar-refractivity contribution is 0.0680. The molecule has 1 amide bonds. The van der Waals surface area contributed by atoms with Crippen molar-refractivity contribution in [2.75, 3.05) is 13.1 Å². The van der Waals surface area contributed by atoms with Gasteiger partial charge in [0.05, 0.1) is 0 Å².